The van der Waals surface area contributed by atoms with E-state index in [4.69, 9.17) is 4.52 Å². The summed E-state index contributed by atoms with van der Waals surface area (Å²) < 4.78 is 6.82. The van der Waals surface area contributed by atoms with Crippen LogP contribution in [0.15, 0.2) is 35.1 Å². The Balaban J connectivity index is 2.45. The van der Waals surface area contributed by atoms with Crippen LogP contribution in [0.1, 0.15) is 5.76 Å². The summed E-state index contributed by atoms with van der Waals surface area (Å²) >= 11 is 0. The minimum Gasteiger partial charge on any atom is -0.360 e. The maximum atomic E-state index is 4.92. The molecule has 0 amide bonds. The second-order valence-electron chi connectivity index (χ2n) is 2.39. The Hall–Kier alpha value is -1.51. The van der Waals surface area contributed by atoms with E-state index in [-0.39, 0.29) is 0 Å². The zero-order chi connectivity index (χ0) is 7.68. The number of hydrogen-bond donors (Lipinski definition) is 0. The van der Waals surface area contributed by atoms with Crippen LogP contribution in [0.25, 0.3) is 5.82 Å². The van der Waals surface area contributed by atoms with Gasteiger partial charge in [0.05, 0.1) is 0 Å². The summed E-state index contributed by atoms with van der Waals surface area (Å²) in [7, 11) is 0. The lowest BCUT2D eigenvalue weighted by molar-refractivity contribution is 0.395. The Labute approximate surface area is 64.2 Å². The molecule has 11 heavy (non-hydrogen) atoms. The molecular formula is C8H8N2O. The molecule has 0 radical (unpaired) electrons. The fourth-order valence-corrected chi connectivity index (χ4v) is 0.962. The number of rotatable bonds is 1. The highest BCUT2D eigenvalue weighted by atomic mass is 16.5. The van der Waals surface area contributed by atoms with Crippen LogP contribution in [0.3, 0.4) is 0 Å². The minimum absolute atomic E-state index is 0.826. The molecule has 0 bridgehead atoms. The molecule has 3 nitrogen and oxygen atoms in total. The van der Waals surface area contributed by atoms with Gasteiger partial charge < -0.3 is 9.09 Å². The Morgan fingerprint density at radius 2 is 2.09 bits per heavy atom. The van der Waals surface area contributed by atoms with E-state index < -0.39 is 0 Å². The van der Waals surface area contributed by atoms with Gasteiger partial charge in [-0.3, -0.25) is 0 Å². The highest BCUT2D eigenvalue weighted by Crippen LogP contribution is 2.07. The Bertz CT molecular complexity index is 335. The van der Waals surface area contributed by atoms with Gasteiger partial charge in [0.25, 0.3) is 0 Å². The molecule has 0 saturated heterocycles. The molecule has 2 rings (SSSR count). The van der Waals surface area contributed by atoms with E-state index in [1.165, 1.54) is 0 Å². The Morgan fingerprint density at radius 3 is 2.64 bits per heavy atom. The summed E-state index contributed by atoms with van der Waals surface area (Å²) in [5.74, 6) is 1.65. The third kappa shape index (κ3) is 1.05. The van der Waals surface area contributed by atoms with E-state index in [9.17, 15) is 0 Å². The third-order valence-corrected chi connectivity index (χ3v) is 1.48. The van der Waals surface area contributed by atoms with Crippen molar-refractivity contribution in [3.63, 3.8) is 0 Å². The van der Waals surface area contributed by atoms with Crippen molar-refractivity contribution in [1.29, 1.82) is 0 Å². The van der Waals surface area contributed by atoms with Crippen LogP contribution in [-0.4, -0.2) is 9.72 Å². The minimum atomic E-state index is 0.826. The third-order valence-electron chi connectivity index (χ3n) is 1.48. The van der Waals surface area contributed by atoms with Crippen molar-refractivity contribution < 1.29 is 4.52 Å². The Kier molecular flexibility index (Phi) is 1.28. The van der Waals surface area contributed by atoms with Gasteiger partial charge in [0.15, 0.2) is 5.82 Å². The summed E-state index contributed by atoms with van der Waals surface area (Å²) in [5, 5.41) is 3.85. The lowest BCUT2D eigenvalue weighted by atomic mass is 10.5. The average molecular weight is 148 g/mol. The van der Waals surface area contributed by atoms with E-state index >= 15 is 0 Å². The molecule has 2 heterocycles. The van der Waals surface area contributed by atoms with Crippen molar-refractivity contribution >= 4 is 0 Å². The second-order valence-corrected chi connectivity index (χ2v) is 2.39. The SMILES string of the molecule is Cc1cc(-n2cccc2)no1. The van der Waals surface area contributed by atoms with Crippen LogP contribution in [0.4, 0.5) is 0 Å². The molecule has 2 aromatic heterocycles. The molecule has 0 spiro atoms. The van der Waals surface area contributed by atoms with Crippen LogP contribution >= 0.6 is 0 Å². The van der Waals surface area contributed by atoms with Crippen LogP contribution in [0.5, 0.6) is 0 Å². The van der Waals surface area contributed by atoms with Gasteiger partial charge in [0.2, 0.25) is 0 Å². The first-order chi connectivity index (χ1) is 5.36. The zero-order valence-electron chi connectivity index (χ0n) is 6.19. The molecule has 0 fully saturated rings. The number of hydrogen-bond acceptors (Lipinski definition) is 2. The first-order valence-electron chi connectivity index (χ1n) is 3.43. The molecule has 3 heteroatoms. The monoisotopic (exact) mass is 148 g/mol. The molecule has 56 valence electrons. The van der Waals surface area contributed by atoms with E-state index in [0.29, 0.717) is 0 Å². The summed E-state index contributed by atoms with van der Waals surface area (Å²) in [6.07, 6.45) is 3.86. The summed E-state index contributed by atoms with van der Waals surface area (Å²) in [4.78, 5) is 0. The molecule has 0 aliphatic heterocycles. The van der Waals surface area contributed by atoms with Crippen molar-refractivity contribution in [3.8, 4) is 5.82 Å². The molecular weight excluding hydrogens is 140 g/mol. The van der Waals surface area contributed by atoms with Gasteiger partial charge in [-0.15, -0.1) is 0 Å². The highest BCUT2D eigenvalue weighted by molar-refractivity contribution is 5.22. The van der Waals surface area contributed by atoms with Crippen LogP contribution in [-0.2, 0) is 0 Å². The van der Waals surface area contributed by atoms with Gasteiger partial charge in [0, 0.05) is 18.5 Å². The van der Waals surface area contributed by atoms with Crippen LogP contribution < -0.4 is 0 Å². The zero-order valence-corrected chi connectivity index (χ0v) is 6.19. The number of aryl methyl sites for hydroxylation is 1. The molecule has 2 aromatic rings. The summed E-state index contributed by atoms with van der Waals surface area (Å²) in [6, 6.07) is 5.79. The number of nitrogens with zero attached hydrogens (tertiary/aromatic N) is 2. The molecule has 0 aliphatic carbocycles. The highest BCUT2D eigenvalue weighted by Gasteiger charge is 1.99. The maximum absolute atomic E-state index is 4.92. The normalized spacial score (nSPS) is 10.3. The lowest BCUT2D eigenvalue weighted by Gasteiger charge is -1.90. The number of aromatic nitrogens is 2. The van der Waals surface area contributed by atoms with Crippen LogP contribution in [0, 0.1) is 6.92 Å². The standard InChI is InChI=1S/C8H8N2O/c1-7-6-8(9-11-7)10-4-2-3-5-10/h2-6H,1H3. The lowest BCUT2D eigenvalue weighted by Crippen LogP contribution is -1.87. The molecule has 0 unspecified atom stereocenters. The fourth-order valence-electron chi connectivity index (χ4n) is 0.962. The van der Waals surface area contributed by atoms with Gasteiger partial charge in [0.1, 0.15) is 5.76 Å². The molecule has 0 saturated carbocycles. The summed E-state index contributed by atoms with van der Waals surface area (Å²) in [5.41, 5.74) is 0. The van der Waals surface area contributed by atoms with Crippen molar-refractivity contribution in [1.82, 2.24) is 9.72 Å². The fraction of sp³-hybridized carbons (Fsp3) is 0.125. The Morgan fingerprint density at radius 1 is 1.36 bits per heavy atom. The predicted molar refractivity (Wildman–Crippen MR) is 40.6 cm³/mol. The van der Waals surface area contributed by atoms with Gasteiger partial charge in [-0.25, -0.2) is 0 Å². The smallest absolute Gasteiger partial charge is 0.180 e. The van der Waals surface area contributed by atoms with Crippen LogP contribution in [0.2, 0.25) is 0 Å². The van der Waals surface area contributed by atoms with Crippen molar-refractivity contribution in [2.75, 3.05) is 0 Å². The molecule has 0 atom stereocenters. The quantitative estimate of drug-likeness (QED) is 0.617. The summed E-state index contributed by atoms with van der Waals surface area (Å²) in [6.45, 7) is 1.88. The maximum Gasteiger partial charge on any atom is 0.180 e. The van der Waals surface area contributed by atoms with Gasteiger partial charge in [-0.2, -0.15) is 0 Å². The van der Waals surface area contributed by atoms with Gasteiger partial charge in [-0.1, -0.05) is 5.16 Å². The first-order valence-corrected chi connectivity index (χ1v) is 3.43. The van der Waals surface area contributed by atoms with E-state index in [2.05, 4.69) is 5.16 Å². The van der Waals surface area contributed by atoms with E-state index in [1.807, 2.05) is 42.1 Å². The first kappa shape index (κ1) is 6.22. The van der Waals surface area contributed by atoms with Crippen molar-refractivity contribution in [3.05, 3.63) is 36.4 Å². The van der Waals surface area contributed by atoms with Gasteiger partial charge >= 0.3 is 0 Å². The largest absolute Gasteiger partial charge is 0.360 e. The van der Waals surface area contributed by atoms with E-state index in [0.717, 1.165) is 11.6 Å². The average Bonchev–Trinajstić information content (AvgIpc) is 2.55. The topological polar surface area (TPSA) is 31.0 Å². The predicted octanol–water partition coefficient (Wildman–Crippen LogP) is 1.77. The van der Waals surface area contributed by atoms with E-state index in [1.54, 1.807) is 0 Å². The van der Waals surface area contributed by atoms with Gasteiger partial charge in [-0.05, 0) is 19.1 Å². The van der Waals surface area contributed by atoms with Crippen molar-refractivity contribution in [2.24, 2.45) is 0 Å². The molecule has 0 aromatic carbocycles. The second kappa shape index (κ2) is 2.27. The molecule has 0 N–H and O–H groups in total. The van der Waals surface area contributed by atoms with Crippen molar-refractivity contribution in [2.45, 2.75) is 6.92 Å². The molecule has 0 aliphatic rings.